The molecule has 0 spiro atoms. The summed E-state index contributed by atoms with van der Waals surface area (Å²) in [5.41, 5.74) is 2.49. The minimum atomic E-state index is 0.0777. The third-order valence-corrected chi connectivity index (χ3v) is 6.29. The molecular weight excluding hydrogens is 328 g/mol. The van der Waals surface area contributed by atoms with Crippen LogP contribution in [0.15, 0.2) is 47.8 Å². The van der Waals surface area contributed by atoms with Gasteiger partial charge in [0, 0.05) is 35.9 Å². The van der Waals surface area contributed by atoms with E-state index in [2.05, 4.69) is 72.7 Å². The summed E-state index contributed by atoms with van der Waals surface area (Å²) in [6.07, 6.45) is 7.53. The number of thioether (sulfide) groups is 1. The van der Waals surface area contributed by atoms with Crippen LogP contribution in [-0.4, -0.2) is 31.4 Å². The third-order valence-electron chi connectivity index (χ3n) is 5.16. The van der Waals surface area contributed by atoms with Crippen molar-refractivity contribution in [2.75, 3.05) is 5.75 Å². The molecule has 0 bridgehead atoms. The number of pyridine rings is 1. The lowest BCUT2D eigenvalue weighted by molar-refractivity contribution is 0.254. The Labute approximate surface area is 154 Å². The van der Waals surface area contributed by atoms with Crippen LogP contribution in [0.5, 0.6) is 0 Å². The van der Waals surface area contributed by atoms with Crippen molar-refractivity contribution in [1.29, 1.82) is 0 Å². The maximum Gasteiger partial charge on any atom is 0.160 e. The maximum absolute atomic E-state index is 5.08. The molecule has 2 aromatic rings. The van der Waals surface area contributed by atoms with Gasteiger partial charge >= 0.3 is 0 Å². The van der Waals surface area contributed by atoms with E-state index in [4.69, 9.17) is 4.99 Å². The van der Waals surface area contributed by atoms with Crippen molar-refractivity contribution < 1.29 is 0 Å². The van der Waals surface area contributed by atoms with Crippen molar-refractivity contribution in [2.24, 2.45) is 4.99 Å². The smallest absolute Gasteiger partial charge is 0.160 e. The van der Waals surface area contributed by atoms with Crippen molar-refractivity contribution >= 4 is 16.9 Å². The molecule has 3 atom stereocenters. The summed E-state index contributed by atoms with van der Waals surface area (Å²) in [5, 5.41) is 1.19. The Hall–Kier alpha value is -1.75. The summed E-state index contributed by atoms with van der Waals surface area (Å²) in [7, 11) is 0. The minimum absolute atomic E-state index is 0.0777. The second kappa shape index (κ2) is 6.20. The molecule has 25 heavy (non-hydrogen) atoms. The molecule has 4 rings (SSSR count). The molecule has 1 fully saturated rings. The van der Waals surface area contributed by atoms with Gasteiger partial charge in [0.25, 0.3) is 0 Å². The van der Waals surface area contributed by atoms with E-state index in [-0.39, 0.29) is 17.6 Å². The van der Waals surface area contributed by atoms with Crippen molar-refractivity contribution in [3.63, 3.8) is 0 Å². The molecule has 0 saturated carbocycles. The fourth-order valence-corrected chi connectivity index (χ4v) is 5.05. The van der Waals surface area contributed by atoms with Gasteiger partial charge in [-0.1, -0.05) is 24.8 Å². The van der Waals surface area contributed by atoms with E-state index in [9.17, 15) is 0 Å². The molecule has 4 heterocycles. The van der Waals surface area contributed by atoms with Gasteiger partial charge < -0.3 is 9.47 Å². The molecule has 0 aromatic carbocycles. The molecule has 2 aromatic heterocycles. The Morgan fingerprint density at radius 3 is 2.72 bits per heavy atom. The summed E-state index contributed by atoms with van der Waals surface area (Å²) in [4.78, 5) is 12.2. The lowest BCUT2D eigenvalue weighted by atomic mass is 9.97. The van der Waals surface area contributed by atoms with Gasteiger partial charge in [-0.25, -0.2) is 0 Å². The number of hydrogen-bond donors (Lipinski definition) is 0. The zero-order valence-corrected chi connectivity index (χ0v) is 16.2. The van der Waals surface area contributed by atoms with E-state index < -0.39 is 0 Å². The zero-order chi connectivity index (χ0) is 17.6. The molecule has 1 saturated heterocycles. The highest BCUT2D eigenvalue weighted by Crippen LogP contribution is 2.48. The van der Waals surface area contributed by atoms with Gasteiger partial charge in [-0.2, -0.15) is 0 Å². The van der Waals surface area contributed by atoms with Crippen molar-refractivity contribution in [3.05, 3.63) is 54.1 Å². The summed E-state index contributed by atoms with van der Waals surface area (Å²) >= 11 is 1.90. The number of rotatable bonds is 3. The molecule has 132 valence electrons. The molecule has 0 unspecified atom stereocenters. The first-order valence-electron chi connectivity index (χ1n) is 9.07. The van der Waals surface area contributed by atoms with Gasteiger partial charge in [0.1, 0.15) is 6.04 Å². The number of fused-ring (bicyclic) bond motifs is 1. The van der Waals surface area contributed by atoms with Crippen LogP contribution < -0.4 is 0 Å². The van der Waals surface area contributed by atoms with E-state index in [1.54, 1.807) is 0 Å². The van der Waals surface area contributed by atoms with Crippen LogP contribution >= 0.6 is 11.8 Å². The first kappa shape index (κ1) is 16.7. The predicted molar refractivity (Wildman–Crippen MR) is 105 cm³/mol. The largest absolute Gasteiger partial charge is 0.349 e. The standard InChI is InChI=1S/C20H26N4S/c1-5-15-13-25-19-22-17(16-8-6-7-10-21-16)18(24(15)19)14-9-11-23(12-14)20(2,3)4/h6-12,15,17-18H,5,13H2,1-4H3/t15-,17-,18-/m1/s1. The Kier molecular flexibility index (Phi) is 4.14. The fourth-order valence-electron chi connectivity index (χ4n) is 3.71. The highest BCUT2D eigenvalue weighted by atomic mass is 32.2. The summed E-state index contributed by atoms with van der Waals surface area (Å²) in [5.74, 6) is 1.14. The van der Waals surface area contributed by atoms with Crippen molar-refractivity contribution in [1.82, 2.24) is 14.5 Å². The monoisotopic (exact) mass is 354 g/mol. The number of aromatic nitrogens is 2. The van der Waals surface area contributed by atoms with Gasteiger partial charge in [-0.3, -0.25) is 9.98 Å². The highest BCUT2D eigenvalue weighted by molar-refractivity contribution is 8.14. The van der Waals surface area contributed by atoms with Crippen LogP contribution in [0.1, 0.15) is 57.5 Å². The lowest BCUT2D eigenvalue weighted by Gasteiger charge is -2.31. The van der Waals surface area contributed by atoms with Gasteiger partial charge in [0.05, 0.1) is 11.7 Å². The van der Waals surface area contributed by atoms with Gasteiger partial charge in [0.2, 0.25) is 0 Å². The maximum atomic E-state index is 5.08. The Morgan fingerprint density at radius 1 is 1.24 bits per heavy atom. The topological polar surface area (TPSA) is 33.4 Å². The average molecular weight is 355 g/mol. The molecule has 0 N–H and O–H groups in total. The zero-order valence-electron chi connectivity index (χ0n) is 15.4. The Balaban J connectivity index is 1.76. The van der Waals surface area contributed by atoms with Crippen LogP contribution in [0.4, 0.5) is 0 Å². The van der Waals surface area contributed by atoms with Crippen molar-refractivity contribution in [2.45, 2.75) is 57.8 Å². The number of aliphatic imine (C=N–C) groups is 1. The molecule has 0 amide bonds. The van der Waals surface area contributed by atoms with Crippen LogP contribution in [0, 0.1) is 0 Å². The molecule has 0 aliphatic carbocycles. The third kappa shape index (κ3) is 2.88. The average Bonchev–Trinajstić information content (AvgIpc) is 3.29. The first-order valence-corrected chi connectivity index (χ1v) is 10.1. The fraction of sp³-hybridized carbons (Fsp3) is 0.500. The normalized spacial score (nSPS) is 26.0. The second-order valence-electron chi connectivity index (χ2n) is 7.86. The second-order valence-corrected chi connectivity index (χ2v) is 8.85. The van der Waals surface area contributed by atoms with Crippen LogP contribution in [0.3, 0.4) is 0 Å². The van der Waals surface area contributed by atoms with Crippen LogP contribution in [-0.2, 0) is 5.54 Å². The highest BCUT2D eigenvalue weighted by Gasteiger charge is 2.45. The Morgan fingerprint density at radius 2 is 2.08 bits per heavy atom. The Bertz CT molecular complexity index is 774. The van der Waals surface area contributed by atoms with Crippen molar-refractivity contribution in [3.8, 4) is 0 Å². The van der Waals surface area contributed by atoms with E-state index in [1.807, 2.05) is 24.0 Å². The predicted octanol–water partition coefficient (Wildman–Crippen LogP) is 4.62. The SMILES string of the molecule is CC[C@@H]1CSC2=N[C@H](c3ccccn3)[C@@H](c3ccn(C(C)(C)C)c3)N21. The molecule has 4 nitrogen and oxygen atoms in total. The van der Waals surface area contributed by atoms with Gasteiger partial charge in [-0.15, -0.1) is 0 Å². The van der Waals surface area contributed by atoms with E-state index in [0.717, 1.165) is 17.9 Å². The minimum Gasteiger partial charge on any atom is -0.349 e. The first-order chi connectivity index (χ1) is 12.0. The summed E-state index contributed by atoms with van der Waals surface area (Å²) in [6, 6.07) is 9.29. The summed E-state index contributed by atoms with van der Waals surface area (Å²) < 4.78 is 2.31. The van der Waals surface area contributed by atoms with Gasteiger partial charge in [0.15, 0.2) is 5.17 Å². The number of hydrogen-bond acceptors (Lipinski definition) is 4. The molecule has 2 aliphatic rings. The molecule has 2 aliphatic heterocycles. The number of amidine groups is 1. The van der Waals surface area contributed by atoms with Crippen LogP contribution in [0.2, 0.25) is 0 Å². The quantitative estimate of drug-likeness (QED) is 0.806. The summed E-state index contributed by atoms with van der Waals surface area (Å²) in [6.45, 7) is 9.00. The lowest BCUT2D eigenvalue weighted by Crippen LogP contribution is -2.35. The molecule has 0 radical (unpaired) electrons. The van der Waals surface area contributed by atoms with Gasteiger partial charge in [-0.05, 0) is 51.0 Å². The van der Waals surface area contributed by atoms with Crippen LogP contribution in [0.25, 0.3) is 0 Å². The molecular formula is C20H26N4S. The number of nitrogens with zero attached hydrogens (tertiary/aromatic N) is 4. The van der Waals surface area contributed by atoms with E-state index in [1.165, 1.54) is 10.7 Å². The molecule has 5 heteroatoms. The van der Waals surface area contributed by atoms with E-state index in [0.29, 0.717) is 6.04 Å². The van der Waals surface area contributed by atoms with E-state index >= 15 is 0 Å².